The first-order valence-corrected chi connectivity index (χ1v) is 15.3. The summed E-state index contributed by atoms with van der Waals surface area (Å²) in [5, 5.41) is 13.8. The molecule has 4 heterocycles. The fraction of sp³-hybridized carbons (Fsp3) is 0.179. The summed E-state index contributed by atoms with van der Waals surface area (Å²) < 4.78 is 29.5. The summed E-state index contributed by atoms with van der Waals surface area (Å²) in [4.78, 5) is 23.7. The lowest BCUT2D eigenvalue weighted by atomic mass is 9.97. The molecule has 0 bridgehead atoms. The number of anilines is 3. The van der Waals surface area contributed by atoms with Crippen LogP contribution in [0.25, 0.3) is 17.2 Å². The van der Waals surface area contributed by atoms with E-state index in [1.807, 2.05) is 53.2 Å². The molecular formula is C28H26N8O3S2. The number of imidazole rings is 1. The van der Waals surface area contributed by atoms with Crippen LogP contribution in [0.5, 0.6) is 0 Å². The smallest absolute Gasteiger partial charge is 0.263 e. The van der Waals surface area contributed by atoms with Crippen molar-refractivity contribution in [1.82, 2.24) is 24.7 Å². The fourth-order valence-corrected chi connectivity index (χ4v) is 6.50. The molecule has 1 aliphatic heterocycles. The van der Waals surface area contributed by atoms with Crippen molar-refractivity contribution < 1.29 is 13.2 Å². The van der Waals surface area contributed by atoms with Gasteiger partial charge >= 0.3 is 0 Å². The molecule has 2 aromatic carbocycles. The number of nitrogens with one attached hydrogen (secondary N) is 2. The number of hydrogen-bond acceptors (Lipinski definition) is 9. The Bertz CT molecular complexity index is 1720. The summed E-state index contributed by atoms with van der Waals surface area (Å²) in [5.41, 5.74) is 1.51. The largest absolute Gasteiger partial charge is 0.354 e. The first-order valence-electron chi connectivity index (χ1n) is 13.0. The molecule has 5 aromatic rings. The summed E-state index contributed by atoms with van der Waals surface area (Å²) >= 11 is 1.20. The van der Waals surface area contributed by atoms with Crippen molar-refractivity contribution >= 4 is 43.9 Å². The van der Waals surface area contributed by atoms with Gasteiger partial charge in [0, 0.05) is 48.3 Å². The number of rotatable bonds is 8. The predicted octanol–water partition coefficient (Wildman–Crippen LogP) is 4.44. The highest BCUT2D eigenvalue weighted by Crippen LogP contribution is 2.25. The minimum atomic E-state index is -3.76. The summed E-state index contributed by atoms with van der Waals surface area (Å²) in [7, 11) is -3.76. The van der Waals surface area contributed by atoms with Gasteiger partial charge in [-0.05, 0) is 49.2 Å². The lowest BCUT2D eigenvalue weighted by Crippen LogP contribution is -2.41. The summed E-state index contributed by atoms with van der Waals surface area (Å²) in [6.07, 6.45) is 6.69. The van der Waals surface area contributed by atoms with Gasteiger partial charge in [-0.25, -0.2) is 18.4 Å². The third kappa shape index (κ3) is 5.95. The fourth-order valence-electron chi connectivity index (χ4n) is 4.71. The van der Waals surface area contributed by atoms with E-state index in [9.17, 15) is 13.2 Å². The molecule has 1 atom stereocenters. The van der Waals surface area contributed by atoms with E-state index < -0.39 is 10.0 Å². The molecule has 208 valence electrons. The number of hydrogen-bond donors (Lipinski definition) is 2. The third-order valence-corrected chi connectivity index (χ3v) is 8.93. The third-order valence-electron chi connectivity index (χ3n) is 6.76. The Hall–Kier alpha value is -4.62. The number of amides is 1. The summed E-state index contributed by atoms with van der Waals surface area (Å²) in [6, 6.07) is 19.8. The zero-order chi connectivity index (χ0) is 28.2. The van der Waals surface area contributed by atoms with E-state index in [0.29, 0.717) is 29.0 Å². The van der Waals surface area contributed by atoms with Crippen LogP contribution in [0, 0.1) is 5.92 Å². The number of thiazole rings is 1. The number of aromatic nitrogens is 5. The number of benzene rings is 2. The standard InChI is InChI=1S/C28H26N8O3S2/c37-27(31-22-8-10-23(11-9-22)41(38,39)34-28-30-15-18-40-28)21-7-4-16-35(19-21)24-12-13-25(33-32-24)36-17-14-29-26(36)20-5-2-1-3-6-20/h1-3,5-6,8-15,17-18,21H,4,7,16,19H2,(H,30,34)(H,31,37). The quantitative estimate of drug-likeness (QED) is 0.273. The second kappa shape index (κ2) is 11.5. The Balaban J connectivity index is 1.09. The predicted molar refractivity (Wildman–Crippen MR) is 158 cm³/mol. The maximum Gasteiger partial charge on any atom is 0.263 e. The van der Waals surface area contributed by atoms with Gasteiger partial charge < -0.3 is 10.2 Å². The van der Waals surface area contributed by atoms with Gasteiger partial charge in [0.15, 0.2) is 16.8 Å². The number of nitrogens with zero attached hydrogens (tertiary/aromatic N) is 6. The van der Waals surface area contributed by atoms with Crippen LogP contribution in [-0.4, -0.2) is 52.1 Å². The molecule has 6 rings (SSSR count). The maximum absolute atomic E-state index is 13.1. The Morgan fingerprint density at radius 1 is 0.927 bits per heavy atom. The topological polar surface area (TPSA) is 135 Å². The van der Waals surface area contributed by atoms with E-state index >= 15 is 0 Å². The molecule has 1 saturated heterocycles. The average molecular weight is 587 g/mol. The van der Waals surface area contributed by atoms with Crippen LogP contribution in [0.4, 0.5) is 16.6 Å². The van der Waals surface area contributed by atoms with E-state index in [1.165, 1.54) is 29.7 Å². The van der Waals surface area contributed by atoms with Crippen molar-refractivity contribution in [3.63, 3.8) is 0 Å². The molecule has 1 amide bonds. The lowest BCUT2D eigenvalue weighted by Gasteiger charge is -2.32. The van der Waals surface area contributed by atoms with Crippen molar-refractivity contribution in [3.8, 4) is 17.2 Å². The van der Waals surface area contributed by atoms with Crippen LogP contribution >= 0.6 is 11.3 Å². The normalized spacial score (nSPS) is 15.4. The zero-order valence-corrected chi connectivity index (χ0v) is 23.4. The maximum atomic E-state index is 13.1. The number of piperidine rings is 1. The number of carbonyl (C=O) groups excluding carboxylic acids is 1. The molecule has 0 aliphatic carbocycles. The molecule has 3 aromatic heterocycles. The Kier molecular flexibility index (Phi) is 7.44. The molecule has 1 fully saturated rings. The van der Waals surface area contributed by atoms with Crippen molar-refractivity contribution in [2.45, 2.75) is 17.7 Å². The van der Waals surface area contributed by atoms with Crippen LogP contribution in [0.3, 0.4) is 0 Å². The number of carbonyl (C=O) groups is 1. The average Bonchev–Trinajstić information content (AvgIpc) is 3.71. The molecule has 11 nitrogen and oxygen atoms in total. The minimum absolute atomic E-state index is 0.0862. The molecule has 0 saturated carbocycles. The molecule has 0 radical (unpaired) electrons. The first-order chi connectivity index (χ1) is 20.0. The van der Waals surface area contributed by atoms with Gasteiger partial charge in [0.05, 0.1) is 10.8 Å². The monoisotopic (exact) mass is 586 g/mol. The van der Waals surface area contributed by atoms with E-state index in [1.54, 1.807) is 23.7 Å². The molecular weight excluding hydrogens is 560 g/mol. The van der Waals surface area contributed by atoms with Gasteiger partial charge in [-0.1, -0.05) is 30.3 Å². The van der Waals surface area contributed by atoms with Crippen LogP contribution in [-0.2, 0) is 14.8 Å². The van der Waals surface area contributed by atoms with Gasteiger partial charge in [-0.15, -0.1) is 21.5 Å². The molecule has 13 heteroatoms. The number of sulfonamides is 1. The minimum Gasteiger partial charge on any atom is -0.354 e. The highest BCUT2D eigenvalue weighted by Gasteiger charge is 2.27. The highest BCUT2D eigenvalue weighted by molar-refractivity contribution is 7.93. The molecule has 41 heavy (non-hydrogen) atoms. The molecule has 2 N–H and O–H groups in total. The molecule has 1 aliphatic rings. The highest BCUT2D eigenvalue weighted by atomic mass is 32.2. The van der Waals surface area contributed by atoms with Crippen LogP contribution < -0.4 is 14.9 Å². The van der Waals surface area contributed by atoms with Gasteiger partial charge in [0.2, 0.25) is 5.91 Å². The van der Waals surface area contributed by atoms with E-state index in [-0.39, 0.29) is 16.7 Å². The Labute approximate surface area is 241 Å². The van der Waals surface area contributed by atoms with Gasteiger partial charge in [0.25, 0.3) is 10.0 Å². The van der Waals surface area contributed by atoms with Crippen LogP contribution in [0.15, 0.2) is 95.6 Å². The van der Waals surface area contributed by atoms with Crippen molar-refractivity contribution in [1.29, 1.82) is 0 Å². The van der Waals surface area contributed by atoms with Gasteiger partial charge in [-0.2, -0.15) is 0 Å². The van der Waals surface area contributed by atoms with E-state index in [0.717, 1.165) is 30.8 Å². The Morgan fingerprint density at radius 3 is 2.44 bits per heavy atom. The van der Waals surface area contributed by atoms with E-state index in [2.05, 4.69) is 35.1 Å². The van der Waals surface area contributed by atoms with Crippen LogP contribution in [0.2, 0.25) is 0 Å². The van der Waals surface area contributed by atoms with E-state index in [4.69, 9.17) is 0 Å². The molecule has 1 unspecified atom stereocenters. The van der Waals surface area contributed by atoms with Crippen molar-refractivity contribution in [2.75, 3.05) is 28.0 Å². The van der Waals surface area contributed by atoms with Crippen molar-refractivity contribution in [3.05, 3.63) is 90.7 Å². The zero-order valence-electron chi connectivity index (χ0n) is 21.8. The second-order valence-corrected chi connectivity index (χ2v) is 12.1. The second-order valence-electron chi connectivity index (χ2n) is 9.48. The van der Waals surface area contributed by atoms with Crippen LogP contribution in [0.1, 0.15) is 12.8 Å². The van der Waals surface area contributed by atoms with Crippen molar-refractivity contribution in [2.24, 2.45) is 5.92 Å². The first kappa shape index (κ1) is 26.6. The Morgan fingerprint density at radius 2 is 1.71 bits per heavy atom. The van der Waals surface area contributed by atoms with Gasteiger partial charge in [0.1, 0.15) is 5.82 Å². The molecule has 0 spiro atoms. The SMILES string of the molecule is O=C(Nc1ccc(S(=O)(=O)Nc2nccs2)cc1)C1CCCN(c2ccc(-n3ccnc3-c3ccccc3)nn2)C1. The summed E-state index contributed by atoms with van der Waals surface area (Å²) in [5.74, 6) is 1.77. The van der Waals surface area contributed by atoms with Gasteiger partial charge in [-0.3, -0.25) is 14.1 Å². The lowest BCUT2D eigenvalue weighted by molar-refractivity contribution is -0.120. The summed E-state index contributed by atoms with van der Waals surface area (Å²) in [6.45, 7) is 1.28.